The number of rotatable bonds is 4. The molecule has 1 fully saturated rings. The molecular formula is C15H24ClNO. The molecule has 1 aliphatic heterocycles. The number of ether oxygens (including phenoxy) is 1. The SMILES string of the molecule is CCC(N)CC1(c2ccccc2)CCOCC1.Cl. The van der Waals surface area contributed by atoms with E-state index in [1.807, 2.05) is 0 Å². The molecule has 0 spiro atoms. The highest BCUT2D eigenvalue weighted by atomic mass is 35.5. The number of halogens is 1. The Morgan fingerprint density at radius 3 is 2.39 bits per heavy atom. The minimum absolute atomic E-state index is 0. The minimum Gasteiger partial charge on any atom is -0.381 e. The van der Waals surface area contributed by atoms with Gasteiger partial charge in [0.1, 0.15) is 0 Å². The van der Waals surface area contributed by atoms with Crippen molar-refractivity contribution < 1.29 is 4.74 Å². The molecule has 2 N–H and O–H groups in total. The van der Waals surface area contributed by atoms with E-state index in [-0.39, 0.29) is 17.8 Å². The Kier molecular flexibility index (Phi) is 6.13. The molecule has 0 aromatic heterocycles. The van der Waals surface area contributed by atoms with Crippen molar-refractivity contribution in [1.82, 2.24) is 0 Å². The van der Waals surface area contributed by atoms with Crippen LogP contribution in [0.1, 0.15) is 38.2 Å². The van der Waals surface area contributed by atoms with Gasteiger partial charge in [0.05, 0.1) is 0 Å². The molecule has 2 nitrogen and oxygen atoms in total. The third-order valence-electron chi connectivity index (χ3n) is 4.01. The van der Waals surface area contributed by atoms with Crippen molar-refractivity contribution in [2.45, 2.75) is 44.1 Å². The van der Waals surface area contributed by atoms with Gasteiger partial charge in [-0.1, -0.05) is 37.3 Å². The summed E-state index contributed by atoms with van der Waals surface area (Å²) in [5.74, 6) is 0. The maximum atomic E-state index is 6.19. The Labute approximate surface area is 116 Å². The second kappa shape index (κ2) is 7.13. The molecule has 0 bridgehead atoms. The Bertz CT molecular complexity index is 336. The predicted molar refractivity (Wildman–Crippen MR) is 78.3 cm³/mol. The molecule has 1 heterocycles. The zero-order chi connectivity index (χ0) is 12.1. The number of hydrogen-bond acceptors (Lipinski definition) is 2. The van der Waals surface area contributed by atoms with E-state index in [1.165, 1.54) is 5.56 Å². The van der Waals surface area contributed by atoms with Crippen molar-refractivity contribution in [3.63, 3.8) is 0 Å². The Balaban J connectivity index is 0.00000162. The van der Waals surface area contributed by atoms with Crippen LogP contribution in [-0.2, 0) is 10.2 Å². The van der Waals surface area contributed by atoms with E-state index >= 15 is 0 Å². The van der Waals surface area contributed by atoms with Crippen molar-refractivity contribution in [2.75, 3.05) is 13.2 Å². The lowest BCUT2D eigenvalue weighted by Crippen LogP contribution is -2.39. The molecule has 1 saturated heterocycles. The summed E-state index contributed by atoms with van der Waals surface area (Å²) in [7, 11) is 0. The van der Waals surface area contributed by atoms with Crippen LogP contribution in [0.15, 0.2) is 30.3 Å². The van der Waals surface area contributed by atoms with Gasteiger partial charge in [0.2, 0.25) is 0 Å². The maximum absolute atomic E-state index is 6.19. The Morgan fingerprint density at radius 1 is 1.22 bits per heavy atom. The van der Waals surface area contributed by atoms with Crippen molar-refractivity contribution in [1.29, 1.82) is 0 Å². The molecule has 1 aliphatic rings. The van der Waals surface area contributed by atoms with E-state index in [0.717, 1.165) is 38.9 Å². The van der Waals surface area contributed by atoms with Crippen LogP contribution in [-0.4, -0.2) is 19.3 Å². The predicted octanol–water partition coefficient (Wildman–Crippen LogP) is 3.28. The van der Waals surface area contributed by atoms with Crippen LogP contribution in [0.3, 0.4) is 0 Å². The Hall–Kier alpha value is -0.570. The largest absolute Gasteiger partial charge is 0.381 e. The lowest BCUT2D eigenvalue weighted by Gasteiger charge is -2.39. The van der Waals surface area contributed by atoms with E-state index in [9.17, 15) is 0 Å². The minimum atomic E-state index is 0. The summed E-state index contributed by atoms with van der Waals surface area (Å²) in [5, 5.41) is 0. The van der Waals surface area contributed by atoms with Crippen molar-refractivity contribution >= 4 is 12.4 Å². The number of benzene rings is 1. The molecular weight excluding hydrogens is 246 g/mol. The molecule has 1 aromatic rings. The number of nitrogens with two attached hydrogens (primary N) is 1. The highest BCUT2D eigenvalue weighted by Crippen LogP contribution is 2.38. The maximum Gasteiger partial charge on any atom is 0.0474 e. The molecule has 1 aromatic carbocycles. The van der Waals surface area contributed by atoms with E-state index in [4.69, 9.17) is 10.5 Å². The van der Waals surface area contributed by atoms with Crippen LogP contribution in [0.2, 0.25) is 0 Å². The molecule has 0 saturated carbocycles. The van der Waals surface area contributed by atoms with Crippen molar-refractivity contribution in [2.24, 2.45) is 5.73 Å². The fourth-order valence-corrected chi connectivity index (χ4v) is 2.81. The van der Waals surface area contributed by atoms with Gasteiger partial charge in [-0.05, 0) is 31.2 Å². The lowest BCUT2D eigenvalue weighted by molar-refractivity contribution is 0.0441. The van der Waals surface area contributed by atoms with Crippen LogP contribution in [0.5, 0.6) is 0 Å². The standard InChI is InChI=1S/C15H23NO.ClH/c1-2-14(16)12-15(8-10-17-11-9-15)13-6-4-3-5-7-13;/h3-7,14H,2,8-12,16H2,1H3;1H. The molecule has 0 amide bonds. The normalized spacial score (nSPS) is 19.9. The topological polar surface area (TPSA) is 35.2 Å². The first-order chi connectivity index (χ1) is 8.27. The summed E-state index contributed by atoms with van der Waals surface area (Å²) in [6.07, 6.45) is 4.34. The highest BCUT2D eigenvalue weighted by molar-refractivity contribution is 5.85. The smallest absolute Gasteiger partial charge is 0.0474 e. The fraction of sp³-hybridized carbons (Fsp3) is 0.600. The van der Waals surface area contributed by atoms with Crippen LogP contribution in [0.25, 0.3) is 0 Å². The van der Waals surface area contributed by atoms with Gasteiger partial charge in [0.25, 0.3) is 0 Å². The lowest BCUT2D eigenvalue weighted by atomic mass is 9.70. The van der Waals surface area contributed by atoms with Gasteiger partial charge in [-0.2, -0.15) is 0 Å². The van der Waals surface area contributed by atoms with E-state index in [0.29, 0.717) is 6.04 Å². The third kappa shape index (κ3) is 3.47. The summed E-state index contributed by atoms with van der Waals surface area (Å²) in [4.78, 5) is 0. The van der Waals surface area contributed by atoms with Crippen LogP contribution >= 0.6 is 12.4 Å². The quantitative estimate of drug-likeness (QED) is 0.910. The average molecular weight is 270 g/mol. The zero-order valence-electron chi connectivity index (χ0n) is 11.1. The molecule has 102 valence electrons. The van der Waals surface area contributed by atoms with Crippen molar-refractivity contribution in [3.8, 4) is 0 Å². The molecule has 18 heavy (non-hydrogen) atoms. The highest BCUT2D eigenvalue weighted by Gasteiger charge is 2.35. The van der Waals surface area contributed by atoms with Gasteiger partial charge in [-0.3, -0.25) is 0 Å². The molecule has 3 heteroatoms. The molecule has 1 atom stereocenters. The third-order valence-corrected chi connectivity index (χ3v) is 4.01. The van der Waals surface area contributed by atoms with Crippen LogP contribution in [0.4, 0.5) is 0 Å². The summed E-state index contributed by atoms with van der Waals surface area (Å²) in [6.45, 7) is 3.90. The average Bonchev–Trinajstić information content (AvgIpc) is 2.40. The monoisotopic (exact) mass is 269 g/mol. The molecule has 0 aliphatic carbocycles. The summed E-state index contributed by atoms with van der Waals surface area (Å²) in [5.41, 5.74) is 7.87. The van der Waals surface area contributed by atoms with Gasteiger partial charge in [0, 0.05) is 24.7 Å². The summed E-state index contributed by atoms with van der Waals surface area (Å²) in [6, 6.07) is 11.1. The van der Waals surface area contributed by atoms with E-state index in [2.05, 4.69) is 37.3 Å². The van der Waals surface area contributed by atoms with E-state index in [1.54, 1.807) is 0 Å². The first-order valence-electron chi connectivity index (χ1n) is 6.66. The van der Waals surface area contributed by atoms with Gasteiger partial charge >= 0.3 is 0 Å². The van der Waals surface area contributed by atoms with Gasteiger partial charge in [-0.15, -0.1) is 12.4 Å². The molecule has 0 radical (unpaired) electrons. The second-order valence-corrected chi connectivity index (χ2v) is 5.13. The van der Waals surface area contributed by atoms with Gasteiger partial charge in [0.15, 0.2) is 0 Å². The van der Waals surface area contributed by atoms with Crippen LogP contribution in [0, 0.1) is 0 Å². The van der Waals surface area contributed by atoms with Crippen LogP contribution < -0.4 is 5.73 Å². The molecule has 2 rings (SSSR count). The first-order valence-corrected chi connectivity index (χ1v) is 6.66. The van der Waals surface area contributed by atoms with E-state index < -0.39 is 0 Å². The Morgan fingerprint density at radius 2 is 1.83 bits per heavy atom. The second-order valence-electron chi connectivity index (χ2n) is 5.13. The zero-order valence-corrected chi connectivity index (χ0v) is 11.9. The first kappa shape index (κ1) is 15.5. The summed E-state index contributed by atoms with van der Waals surface area (Å²) >= 11 is 0. The van der Waals surface area contributed by atoms with Gasteiger partial charge in [-0.25, -0.2) is 0 Å². The fourth-order valence-electron chi connectivity index (χ4n) is 2.81. The number of hydrogen-bond donors (Lipinski definition) is 1. The summed E-state index contributed by atoms with van der Waals surface area (Å²) < 4.78 is 5.52. The molecule has 1 unspecified atom stereocenters. The van der Waals surface area contributed by atoms with Gasteiger partial charge < -0.3 is 10.5 Å². The van der Waals surface area contributed by atoms with Crippen molar-refractivity contribution in [3.05, 3.63) is 35.9 Å².